The lowest BCUT2D eigenvalue weighted by Crippen LogP contribution is -2.48. The maximum absolute atomic E-state index is 11.4. The van der Waals surface area contributed by atoms with Crippen LogP contribution in [0.5, 0.6) is 0 Å². The molecule has 0 heterocycles. The zero-order valence-electron chi connectivity index (χ0n) is 11.7. The van der Waals surface area contributed by atoms with Gasteiger partial charge in [0.25, 0.3) is 0 Å². The highest BCUT2D eigenvalue weighted by Gasteiger charge is 2.33. The zero-order valence-corrected chi connectivity index (χ0v) is 11.7. The average Bonchev–Trinajstić information content (AvgIpc) is 2.31. The fourth-order valence-electron chi connectivity index (χ4n) is 1.75. The Bertz CT molecular complexity index is 209. The van der Waals surface area contributed by atoms with Crippen molar-refractivity contribution in [2.45, 2.75) is 52.1 Å². The van der Waals surface area contributed by atoms with Crippen molar-refractivity contribution in [3.05, 3.63) is 0 Å². The summed E-state index contributed by atoms with van der Waals surface area (Å²) in [6, 6.07) is 0. The number of hydrogen-bond acceptors (Lipinski definition) is 4. The minimum Gasteiger partial charge on any atom is -0.467 e. The van der Waals surface area contributed by atoms with E-state index in [1.807, 2.05) is 0 Å². The Labute approximate surface area is 105 Å². The van der Waals surface area contributed by atoms with E-state index in [0.717, 1.165) is 38.8 Å². The Kier molecular flexibility index (Phi) is 8.17. The van der Waals surface area contributed by atoms with E-state index >= 15 is 0 Å². The van der Waals surface area contributed by atoms with E-state index in [4.69, 9.17) is 0 Å². The van der Waals surface area contributed by atoms with Crippen LogP contribution in [0, 0.1) is 0 Å². The quantitative estimate of drug-likeness (QED) is 0.629. The third kappa shape index (κ3) is 6.64. The summed E-state index contributed by atoms with van der Waals surface area (Å²) in [6.07, 6.45) is 4.40. The van der Waals surface area contributed by atoms with E-state index in [1.54, 1.807) is 0 Å². The first-order chi connectivity index (χ1) is 7.97. The summed E-state index contributed by atoms with van der Waals surface area (Å²) < 4.78 is 4.61. The van der Waals surface area contributed by atoms with Crippen LogP contribution in [0.3, 0.4) is 0 Å². The van der Waals surface area contributed by atoms with Gasteiger partial charge in [-0.2, -0.15) is 0 Å². The smallest absolute Gasteiger partial charge is 0.338 e. The van der Waals surface area contributed by atoms with Gasteiger partial charge in [0.15, 0.2) is 5.60 Å². The number of carbonyl (C=O) groups excluding carboxylic acids is 1. The van der Waals surface area contributed by atoms with Gasteiger partial charge in [0.1, 0.15) is 0 Å². The lowest BCUT2D eigenvalue weighted by atomic mass is 10.1. The summed E-state index contributed by atoms with van der Waals surface area (Å²) in [5.74, 6) is -0.560. The number of nitrogens with zero attached hydrogens (tertiary/aromatic N) is 1. The molecular formula is C13H27NO3. The molecule has 0 spiro atoms. The highest BCUT2D eigenvalue weighted by molar-refractivity contribution is 5.78. The molecule has 4 heteroatoms. The number of carbonyl (C=O) groups is 1. The monoisotopic (exact) mass is 245 g/mol. The Balaban J connectivity index is 4.33. The summed E-state index contributed by atoms with van der Waals surface area (Å²) in [5.41, 5.74) is -1.41. The van der Waals surface area contributed by atoms with E-state index in [0.29, 0.717) is 6.54 Å². The van der Waals surface area contributed by atoms with Crippen molar-refractivity contribution in [3.8, 4) is 0 Å². The molecule has 0 amide bonds. The van der Waals surface area contributed by atoms with Gasteiger partial charge in [0.2, 0.25) is 0 Å². The molecule has 0 aromatic carbocycles. The SMILES string of the molecule is CCCCN(CCCC)CC(C)(O)C(=O)OC. The van der Waals surface area contributed by atoms with Crippen molar-refractivity contribution in [2.75, 3.05) is 26.7 Å². The molecule has 0 bridgehead atoms. The standard InChI is InChI=1S/C13H27NO3/c1-5-7-9-14(10-8-6-2)11-13(3,16)12(15)17-4/h16H,5-11H2,1-4H3. The molecule has 0 fully saturated rings. The van der Waals surface area contributed by atoms with Crippen LogP contribution in [0.25, 0.3) is 0 Å². The third-order valence-electron chi connectivity index (χ3n) is 2.81. The van der Waals surface area contributed by atoms with Crippen molar-refractivity contribution in [2.24, 2.45) is 0 Å². The molecule has 0 saturated heterocycles. The van der Waals surface area contributed by atoms with E-state index in [-0.39, 0.29) is 0 Å². The van der Waals surface area contributed by atoms with Crippen LogP contribution in [-0.2, 0) is 9.53 Å². The molecule has 1 N–H and O–H groups in total. The molecule has 102 valence electrons. The topological polar surface area (TPSA) is 49.8 Å². The van der Waals surface area contributed by atoms with Crippen molar-refractivity contribution in [1.29, 1.82) is 0 Å². The van der Waals surface area contributed by atoms with Crippen LogP contribution >= 0.6 is 0 Å². The number of aliphatic hydroxyl groups is 1. The minimum absolute atomic E-state index is 0.347. The van der Waals surface area contributed by atoms with Gasteiger partial charge in [0.05, 0.1) is 7.11 Å². The number of methoxy groups -OCH3 is 1. The van der Waals surface area contributed by atoms with Crippen LogP contribution in [0.2, 0.25) is 0 Å². The number of unbranched alkanes of at least 4 members (excludes halogenated alkanes) is 2. The minimum atomic E-state index is -1.41. The lowest BCUT2D eigenvalue weighted by molar-refractivity contribution is -0.162. The van der Waals surface area contributed by atoms with Gasteiger partial charge >= 0.3 is 5.97 Å². The maximum atomic E-state index is 11.4. The predicted molar refractivity (Wildman–Crippen MR) is 68.9 cm³/mol. The summed E-state index contributed by atoms with van der Waals surface area (Å²) in [5, 5.41) is 10.0. The summed E-state index contributed by atoms with van der Waals surface area (Å²) in [7, 11) is 1.30. The first-order valence-corrected chi connectivity index (χ1v) is 6.51. The summed E-state index contributed by atoms with van der Waals surface area (Å²) >= 11 is 0. The molecule has 0 radical (unpaired) electrons. The highest BCUT2D eigenvalue weighted by atomic mass is 16.5. The molecule has 4 nitrogen and oxygen atoms in total. The average molecular weight is 245 g/mol. The Morgan fingerprint density at radius 3 is 2.06 bits per heavy atom. The van der Waals surface area contributed by atoms with Crippen molar-refractivity contribution < 1.29 is 14.6 Å². The first kappa shape index (κ1) is 16.4. The highest BCUT2D eigenvalue weighted by Crippen LogP contribution is 2.10. The van der Waals surface area contributed by atoms with E-state index < -0.39 is 11.6 Å². The zero-order chi connectivity index (χ0) is 13.3. The number of esters is 1. The van der Waals surface area contributed by atoms with Gasteiger partial charge in [-0.1, -0.05) is 26.7 Å². The molecule has 0 aliphatic rings. The Hall–Kier alpha value is -0.610. The van der Waals surface area contributed by atoms with E-state index in [2.05, 4.69) is 23.5 Å². The normalized spacial score (nSPS) is 14.7. The predicted octanol–water partition coefficient (Wildman–Crippen LogP) is 1.81. The molecular weight excluding hydrogens is 218 g/mol. The number of rotatable bonds is 9. The van der Waals surface area contributed by atoms with Crippen LogP contribution in [0.15, 0.2) is 0 Å². The lowest BCUT2D eigenvalue weighted by Gasteiger charge is -2.29. The summed E-state index contributed by atoms with van der Waals surface area (Å²) in [4.78, 5) is 13.6. The van der Waals surface area contributed by atoms with E-state index in [1.165, 1.54) is 14.0 Å². The van der Waals surface area contributed by atoms with Gasteiger partial charge in [-0.15, -0.1) is 0 Å². The summed E-state index contributed by atoms with van der Waals surface area (Å²) in [6.45, 7) is 7.98. The fourth-order valence-corrected chi connectivity index (χ4v) is 1.75. The maximum Gasteiger partial charge on any atom is 0.338 e. The van der Waals surface area contributed by atoms with Crippen LogP contribution in [0.1, 0.15) is 46.5 Å². The molecule has 0 aromatic heterocycles. The van der Waals surface area contributed by atoms with E-state index in [9.17, 15) is 9.90 Å². The van der Waals surface area contributed by atoms with Crippen molar-refractivity contribution in [3.63, 3.8) is 0 Å². The first-order valence-electron chi connectivity index (χ1n) is 6.51. The third-order valence-corrected chi connectivity index (χ3v) is 2.81. The van der Waals surface area contributed by atoms with Crippen molar-refractivity contribution in [1.82, 2.24) is 4.90 Å². The molecule has 1 atom stereocenters. The van der Waals surface area contributed by atoms with Crippen molar-refractivity contribution >= 4 is 5.97 Å². The van der Waals surface area contributed by atoms with Crippen LogP contribution < -0.4 is 0 Å². The molecule has 1 unspecified atom stereocenters. The molecule has 17 heavy (non-hydrogen) atoms. The van der Waals surface area contributed by atoms with Gasteiger partial charge in [0, 0.05) is 6.54 Å². The number of hydrogen-bond donors (Lipinski definition) is 1. The van der Waals surface area contributed by atoms with Gasteiger partial charge in [-0.25, -0.2) is 4.79 Å². The molecule has 0 aliphatic heterocycles. The van der Waals surface area contributed by atoms with Gasteiger partial charge in [-0.05, 0) is 32.9 Å². The Morgan fingerprint density at radius 1 is 1.24 bits per heavy atom. The largest absolute Gasteiger partial charge is 0.467 e. The van der Waals surface area contributed by atoms with Gasteiger partial charge in [-0.3, -0.25) is 4.90 Å². The second-order valence-corrected chi connectivity index (χ2v) is 4.75. The molecule has 0 aliphatic carbocycles. The fraction of sp³-hybridized carbons (Fsp3) is 0.923. The van der Waals surface area contributed by atoms with Gasteiger partial charge < -0.3 is 9.84 Å². The molecule has 0 saturated carbocycles. The second-order valence-electron chi connectivity index (χ2n) is 4.75. The second kappa shape index (κ2) is 8.48. The molecule has 0 rings (SSSR count). The Morgan fingerprint density at radius 2 is 1.71 bits per heavy atom. The molecule has 0 aromatic rings. The van der Waals surface area contributed by atoms with Crippen LogP contribution in [-0.4, -0.2) is 48.3 Å². The number of ether oxygens (including phenoxy) is 1. The van der Waals surface area contributed by atoms with Crippen LogP contribution in [0.4, 0.5) is 0 Å².